The first-order chi connectivity index (χ1) is 14.2. The highest BCUT2D eigenvalue weighted by atomic mass is 16.5. The quantitative estimate of drug-likeness (QED) is 0.505. The second kappa shape index (κ2) is 11.1. The largest absolute Gasteiger partial charge is 0.383 e. The van der Waals surface area contributed by atoms with Crippen LogP contribution in [0.5, 0.6) is 0 Å². The fraction of sp³-hybridized carbons (Fsp3) is 0.304. The topological polar surface area (TPSA) is 79.4 Å². The molecule has 2 N–H and O–H groups in total. The van der Waals surface area contributed by atoms with Crippen LogP contribution >= 0.6 is 0 Å². The summed E-state index contributed by atoms with van der Waals surface area (Å²) in [6.45, 7) is 2.21. The number of anilines is 1. The molecule has 0 spiro atoms. The molecule has 0 unspecified atom stereocenters. The van der Waals surface area contributed by atoms with Gasteiger partial charge >= 0.3 is 5.69 Å². The molecule has 0 aliphatic heterocycles. The van der Waals surface area contributed by atoms with Gasteiger partial charge in [-0.3, -0.25) is 4.57 Å². The van der Waals surface area contributed by atoms with Crippen LogP contribution in [0.3, 0.4) is 0 Å². The minimum absolute atomic E-state index is 0.0320. The van der Waals surface area contributed by atoms with Crippen molar-refractivity contribution in [2.45, 2.75) is 38.7 Å². The Hall–Kier alpha value is -2.96. The summed E-state index contributed by atoms with van der Waals surface area (Å²) in [7, 11) is 0. The van der Waals surface area contributed by atoms with E-state index in [4.69, 9.17) is 15.2 Å². The van der Waals surface area contributed by atoms with Crippen molar-refractivity contribution >= 4 is 5.82 Å². The predicted molar refractivity (Wildman–Crippen MR) is 113 cm³/mol. The number of hydrogen-bond donors (Lipinski definition) is 1. The summed E-state index contributed by atoms with van der Waals surface area (Å²) in [4.78, 5) is 15.7. The number of nitrogens with two attached hydrogens (primary N) is 1. The molecule has 1 aromatic heterocycles. The Balaban J connectivity index is 1.52. The van der Waals surface area contributed by atoms with Crippen LogP contribution in [0.15, 0.2) is 77.7 Å². The first-order valence-corrected chi connectivity index (χ1v) is 9.81. The fourth-order valence-corrected chi connectivity index (χ4v) is 2.97. The third kappa shape index (κ3) is 7.18. The average molecular weight is 393 g/mol. The maximum Gasteiger partial charge on any atom is 0.349 e. The van der Waals surface area contributed by atoms with Crippen molar-refractivity contribution in [3.63, 3.8) is 0 Å². The summed E-state index contributed by atoms with van der Waals surface area (Å²) in [5.41, 5.74) is 7.48. The van der Waals surface area contributed by atoms with Crippen LogP contribution in [0.25, 0.3) is 0 Å². The number of hydrogen-bond acceptors (Lipinski definition) is 5. The van der Waals surface area contributed by atoms with Gasteiger partial charge in [0.15, 0.2) is 0 Å². The number of nitrogen functional groups attached to an aromatic ring is 1. The Morgan fingerprint density at radius 3 is 2.21 bits per heavy atom. The molecule has 0 aliphatic carbocycles. The Kier molecular flexibility index (Phi) is 7.98. The van der Waals surface area contributed by atoms with Crippen LogP contribution in [0, 0.1) is 0 Å². The van der Waals surface area contributed by atoms with Gasteiger partial charge in [0, 0.05) is 19.3 Å². The van der Waals surface area contributed by atoms with E-state index in [1.54, 1.807) is 16.8 Å². The molecule has 152 valence electrons. The van der Waals surface area contributed by atoms with E-state index in [9.17, 15) is 4.79 Å². The number of aromatic nitrogens is 2. The Bertz CT molecular complexity index is 913. The van der Waals surface area contributed by atoms with E-state index in [1.807, 2.05) is 60.7 Å². The summed E-state index contributed by atoms with van der Waals surface area (Å²) in [5, 5.41) is 0. The lowest BCUT2D eigenvalue weighted by Crippen LogP contribution is -2.26. The first-order valence-electron chi connectivity index (χ1n) is 9.81. The number of benzene rings is 2. The van der Waals surface area contributed by atoms with Gasteiger partial charge in [-0.1, -0.05) is 60.7 Å². The summed E-state index contributed by atoms with van der Waals surface area (Å²) in [5.74, 6) is 0.234. The maximum atomic E-state index is 12.0. The van der Waals surface area contributed by atoms with Crippen molar-refractivity contribution in [1.82, 2.24) is 9.55 Å². The predicted octanol–water partition coefficient (Wildman–Crippen LogP) is 3.41. The van der Waals surface area contributed by atoms with E-state index in [2.05, 4.69) is 4.98 Å². The second-order valence-electron chi connectivity index (χ2n) is 6.86. The molecule has 0 radical (unpaired) electrons. The van der Waals surface area contributed by atoms with E-state index in [0.717, 1.165) is 17.5 Å². The molecule has 6 heteroatoms. The van der Waals surface area contributed by atoms with Gasteiger partial charge in [-0.2, -0.15) is 4.98 Å². The van der Waals surface area contributed by atoms with Gasteiger partial charge in [0.1, 0.15) is 5.82 Å². The van der Waals surface area contributed by atoms with E-state index in [-0.39, 0.29) is 17.6 Å². The molecule has 0 fully saturated rings. The lowest BCUT2D eigenvalue weighted by atomic mass is 10.1. The number of aryl methyl sites for hydroxylation is 1. The van der Waals surface area contributed by atoms with Crippen molar-refractivity contribution in [3.8, 4) is 0 Å². The summed E-state index contributed by atoms with van der Waals surface area (Å²) in [6.07, 6.45) is 3.07. The monoisotopic (exact) mass is 393 g/mol. The minimum atomic E-state index is -0.341. The molecular weight excluding hydrogens is 366 g/mol. The van der Waals surface area contributed by atoms with Crippen molar-refractivity contribution in [1.29, 1.82) is 0 Å². The van der Waals surface area contributed by atoms with Crippen molar-refractivity contribution in [2.24, 2.45) is 0 Å². The third-order valence-electron chi connectivity index (χ3n) is 4.61. The van der Waals surface area contributed by atoms with Gasteiger partial charge in [-0.15, -0.1) is 0 Å². The molecule has 1 heterocycles. The molecule has 1 atom stereocenters. The molecule has 6 nitrogen and oxygen atoms in total. The van der Waals surface area contributed by atoms with Crippen LogP contribution < -0.4 is 11.4 Å². The number of nitrogens with zero attached hydrogens (tertiary/aromatic N) is 2. The molecule has 0 amide bonds. The molecular formula is C23H27N3O3. The summed E-state index contributed by atoms with van der Waals surface area (Å²) >= 11 is 0. The zero-order valence-corrected chi connectivity index (χ0v) is 16.4. The number of ether oxygens (including phenoxy) is 2. The van der Waals surface area contributed by atoms with Crippen molar-refractivity contribution in [2.75, 3.05) is 12.3 Å². The SMILES string of the molecule is Nc1ccn(CC[C@@H](CCOCc2ccccc2)OCc2ccccc2)c(=O)n1. The zero-order valence-electron chi connectivity index (χ0n) is 16.4. The summed E-state index contributed by atoms with van der Waals surface area (Å²) < 4.78 is 13.5. The van der Waals surface area contributed by atoms with Gasteiger partial charge < -0.3 is 15.2 Å². The Morgan fingerprint density at radius 1 is 0.897 bits per heavy atom. The number of rotatable bonds is 11. The van der Waals surface area contributed by atoms with E-state index >= 15 is 0 Å². The van der Waals surface area contributed by atoms with Crippen molar-refractivity contribution < 1.29 is 9.47 Å². The molecule has 29 heavy (non-hydrogen) atoms. The van der Waals surface area contributed by atoms with Crippen LogP contribution in [0.4, 0.5) is 5.82 Å². The van der Waals surface area contributed by atoms with Crippen LogP contribution in [0.2, 0.25) is 0 Å². The molecule has 3 aromatic rings. The molecule has 0 bridgehead atoms. The minimum Gasteiger partial charge on any atom is -0.383 e. The highest BCUT2D eigenvalue weighted by Crippen LogP contribution is 2.11. The van der Waals surface area contributed by atoms with Crippen molar-refractivity contribution in [3.05, 3.63) is 94.5 Å². The molecule has 2 aromatic carbocycles. The highest BCUT2D eigenvalue weighted by Gasteiger charge is 2.11. The first kappa shape index (κ1) is 20.8. The van der Waals surface area contributed by atoms with Gasteiger partial charge in [-0.25, -0.2) is 4.79 Å². The second-order valence-corrected chi connectivity index (χ2v) is 6.86. The molecule has 0 aliphatic rings. The molecule has 0 saturated heterocycles. The Morgan fingerprint density at radius 2 is 1.55 bits per heavy atom. The molecule has 0 saturated carbocycles. The smallest absolute Gasteiger partial charge is 0.349 e. The van der Waals surface area contributed by atoms with E-state index in [0.29, 0.717) is 32.8 Å². The normalized spacial score (nSPS) is 12.0. The maximum absolute atomic E-state index is 12.0. The summed E-state index contributed by atoms with van der Waals surface area (Å²) in [6, 6.07) is 21.8. The van der Waals surface area contributed by atoms with Gasteiger partial charge in [0.25, 0.3) is 0 Å². The average Bonchev–Trinajstić information content (AvgIpc) is 2.75. The van der Waals surface area contributed by atoms with Gasteiger partial charge in [0.2, 0.25) is 0 Å². The van der Waals surface area contributed by atoms with Crippen LogP contribution in [-0.4, -0.2) is 22.3 Å². The lowest BCUT2D eigenvalue weighted by Gasteiger charge is -2.19. The zero-order chi connectivity index (χ0) is 20.3. The van der Waals surface area contributed by atoms with Crippen LogP contribution in [0.1, 0.15) is 24.0 Å². The standard InChI is InChI=1S/C23H27N3O3/c24-22-12-15-26(23(27)25-22)14-11-21(29-18-20-9-5-2-6-10-20)13-16-28-17-19-7-3-1-4-8-19/h1-10,12,15,21H,11,13-14,16-18H2,(H2,24,25,27)/t21-/m0/s1. The van der Waals surface area contributed by atoms with Gasteiger partial charge in [0.05, 0.1) is 19.3 Å². The van der Waals surface area contributed by atoms with E-state index < -0.39 is 0 Å². The third-order valence-corrected chi connectivity index (χ3v) is 4.61. The van der Waals surface area contributed by atoms with E-state index in [1.165, 1.54) is 0 Å². The van der Waals surface area contributed by atoms with Crippen LogP contribution in [-0.2, 0) is 29.2 Å². The molecule has 3 rings (SSSR count). The highest BCUT2D eigenvalue weighted by molar-refractivity contribution is 5.23. The lowest BCUT2D eigenvalue weighted by molar-refractivity contribution is 0.00213. The fourth-order valence-electron chi connectivity index (χ4n) is 2.97. The Labute approximate surface area is 170 Å². The van der Waals surface area contributed by atoms with Gasteiger partial charge in [-0.05, 0) is 30.0 Å².